The molecule has 0 bridgehead atoms. The number of amides is 1. The van der Waals surface area contributed by atoms with E-state index in [4.69, 9.17) is 4.74 Å². The number of aliphatic hydroxyl groups is 2. The number of aliphatic hydroxyl groups excluding tert-OH is 2. The Morgan fingerprint density at radius 3 is 1.27 bits per heavy atom. The monoisotopic (exact) mass is 896 g/mol. The number of ether oxygens (including phenoxy) is 1. The van der Waals surface area contributed by atoms with Crippen LogP contribution in [0.25, 0.3) is 0 Å². The third kappa shape index (κ3) is 46.1. The molecule has 0 aliphatic heterocycles. The Labute approximate surface area is 397 Å². The van der Waals surface area contributed by atoms with Gasteiger partial charge in [-0.1, -0.05) is 248 Å². The third-order valence-electron chi connectivity index (χ3n) is 12.4. The Kier molecular flexibility index (Phi) is 49.6. The van der Waals surface area contributed by atoms with Crippen molar-refractivity contribution < 1.29 is 24.5 Å². The number of esters is 1. The SMILES string of the molecule is CC/C=C\C/C=C\C/C=C\C/C=C\C/C=C\CCCCCC(=O)OC(CCCCCCCCCCCCCCCCCCC)CC(=O)NC(CO)C(O)CCCCCCCCCCC. The number of hydrogen-bond acceptors (Lipinski definition) is 5. The maximum Gasteiger partial charge on any atom is 0.306 e. The summed E-state index contributed by atoms with van der Waals surface area (Å²) in [5.41, 5.74) is 0. The van der Waals surface area contributed by atoms with Gasteiger partial charge in [-0.2, -0.15) is 0 Å². The molecule has 0 spiro atoms. The average molecular weight is 896 g/mol. The molecule has 0 aromatic heterocycles. The molecule has 372 valence electrons. The summed E-state index contributed by atoms with van der Waals surface area (Å²) in [6, 6.07) is -0.707. The molecule has 1 amide bonds. The van der Waals surface area contributed by atoms with Crippen LogP contribution in [0.15, 0.2) is 60.8 Å². The van der Waals surface area contributed by atoms with Crippen molar-refractivity contribution in [1.29, 1.82) is 0 Å². The molecule has 0 saturated carbocycles. The van der Waals surface area contributed by atoms with Gasteiger partial charge in [-0.05, 0) is 70.6 Å². The molecule has 0 saturated heterocycles. The minimum Gasteiger partial charge on any atom is -0.462 e. The second-order valence-corrected chi connectivity index (χ2v) is 18.6. The summed E-state index contributed by atoms with van der Waals surface area (Å²) in [4.78, 5) is 26.2. The van der Waals surface area contributed by atoms with Gasteiger partial charge in [0.05, 0.1) is 25.2 Å². The van der Waals surface area contributed by atoms with E-state index in [2.05, 4.69) is 86.8 Å². The van der Waals surface area contributed by atoms with Crippen LogP contribution in [0, 0.1) is 0 Å². The molecule has 0 aromatic carbocycles. The number of unbranched alkanes of at least 4 members (excludes halogenated alkanes) is 27. The molecule has 0 aliphatic carbocycles. The molecular weight excluding hydrogens is 791 g/mol. The van der Waals surface area contributed by atoms with Crippen molar-refractivity contribution in [3.63, 3.8) is 0 Å². The maximum atomic E-state index is 13.2. The Balaban J connectivity index is 4.59. The van der Waals surface area contributed by atoms with Crippen LogP contribution in [0.3, 0.4) is 0 Å². The van der Waals surface area contributed by atoms with Crippen molar-refractivity contribution in [2.24, 2.45) is 0 Å². The van der Waals surface area contributed by atoms with Crippen LogP contribution in [-0.2, 0) is 14.3 Å². The number of nitrogens with one attached hydrogen (secondary N) is 1. The predicted octanol–water partition coefficient (Wildman–Crippen LogP) is 16.8. The molecule has 6 nitrogen and oxygen atoms in total. The Hall–Kier alpha value is -2.44. The highest BCUT2D eigenvalue weighted by Crippen LogP contribution is 2.18. The molecule has 0 radical (unpaired) electrons. The van der Waals surface area contributed by atoms with Crippen LogP contribution in [0.4, 0.5) is 0 Å². The lowest BCUT2D eigenvalue weighted by Gasteiger charge is -2.24. The van der Waals surface area contributed by atoms with E-state index in [0.717, 1.165) is 89.9 Å². The van der Waals surface area contributed by atoms with Gasteiger partial charge in [-0.15, -0.1) is 0 Å². The molecule has 0 aliphatic rings. The molecular formula is C58H105NO5. The van der Waals surface area contributed by atoms with E-state index < -0.39 is 18.2 Å². The van der Waals surface area contributed by atoms with Crippen LogP contribution in [-0.4, -0.2) is 46.9 Å². The standard InChI is InChI=1S/C58H105NO5/c1-4-7-10-13-16-19-21-23-25-27-28-30-32-34-36-39-42-45-48-51-58(63)64-54(49-46-43-40-38-35-33-31-29-26-24-22-20-17-14-11-8-5-2)52-57(62)59-55(53-60)56(61)50-47-44-41-37-18-15-12-9-6-3/h7,10,16,19,23,25,28,30,34,36,54-56,60-61H,4-6,8-9,11-15,17-18,20-22,24,26-27,29,31-33,35,37-53H2,1-3H3,(H,59,62)/b10-7-,19-16-,25-23-,30-28-,36-34-. The number of carbonyl (C=O) groups is 2. The fraction of sp³-hybridized carbons (Fsp3) is 0.793. The van der Waals surface area contributed by atoms with Gasteiger partial charge in [0, 0.05) is 6.42 Å². The zero-order valence-corrected chi connectivity index (χ0v) is 42.4. The average Bonchev–Trinajstić information content (AvgIpc) is 3.29. The summed E-state index contributed by atoms with van der Waals surface area (Å²) >= 11 is 0. The van der Waals surface area contributed by atoms with Gasteiger partial charge in [0.1, 0.15) is 6.10 Å². The molecule has 3 atom stereocenters. The van der Waals surface area contributed by atoms with Crippen LogP contribution in [0.5, 0.6) is 0 Å². The summed E-state index contributed by atoms with van der Waals surface area (Å²) in [5, 5.41) is 23.7. The van der Waals surface area contributed by atoms with E-state index in [1.165, 1.54) is 135 Å². The van der Waals surface area contributed by atoms with Crippen molar-refractivity contribution >= 4 is 11.9 Å². The van der Waals surface area contributed by atoms with Crippen molar-refractivity contribution in [3.05, 3.63) is 60.8 Å². The molecule has 6 heteroatoms. The molecule has 0 aromatic rings. The lowest BCUT2D eigenvalue weighted by atomic mass is 10.0. The first-order chi connectivity index (χ1) is 31.5. The molecule has 0 heterocycles. The van der Waals surface area contributed by atoms with Crippen LogP contribution < -0.4 is 5.32 Å². The lowest BCUT2D eigenvalue weighted by Crippen LogP contribution is -2.46. The predicted molar refractivity (Wildman–Crippen MR) is 278 cm³/mol. The van der Waals surface area contributed by atoms with E-state index in [1.807, 2.05) is 0 Å². The lowest BCUT2D eigenvalue weighted by molar-refractivity contribution is -0.151. The minimum absolute atomic E-state index is 0.0654. The van der Waals surface area contributed by atoms with Gasteiger partial charge in [-0.3, -0.25) is 9.59 Å². The summed E-state index contributed by atoms with van der Waals surface area (Å²) in [7, 11) is 0. The Bertz CT molecular complexity index is 1140. The topological polar surface area (TPSA) is 95.9 Å². The molecule has 3 unspecified atom stereocenters. The van der Waals surface area contributed by atoms with Gasteiger partial charge in [0.25, 0.3) is 0 Å². The first-order valence-electron chi connectivity index (χ1n) is 27.5. The van der Waals surface area contributed by atoms with E-state index >= 15 is 0 Å². The van der Waals surface area contributed by atoms with Crippen LogP contribution in [0.2, 0.25) is 0 Å². The summed E-state index contributed by atoms with van der Waals surface area (Å²) in [6.45, 7) is 6.36. The Morgan fingerprint density at radius 2 is 0.844 bits per heavy atom. The van der Waals surface area contributed by atoms with Crippen molar-refractivity contribution in [1.82, 2.24) is 5.32 Å². The molecule has 3 N–H and O–H groups in total. The number of carbonyl (C=O) groups excluding carboxylic acids is 2. The number of allylic oxidation sites excluding steroid dienone is 10. The molecule has 0 rings (SSSR count). The Morgan fingerprint density at radius 1 is 0.469 bits per heavy atom. The third-order valence-corrected chi connectivity index (χ3v) is 12.4. The normalized spacial score (nSPS) is 13.6. The second kappa shape index (κ2) is 51.5. The highest BCUT2D eigenvalue weighted by atomic mass is 16.5. The fourth-order valence-electron chi connectivity index (χ4n) is 8.22. The van der Waals surface area contributed by atoms with Gasteiger partial charge in [0.15, 0.2) is 0 Å². The summed E-state index contributed by atoms with van der Waals surface area (Å²) in [6.07, 6.45) is 64.3. The smallest absolute Gasteiger partial charge is 0.306 e. The maximum absolute atomic E-state index is 13.2. The van der Waals surface area contributed by atoms with Gasteiger partial charge in [-0.25, -0.2) is 0 Å². The largest absolute Gasteiger partial charge is 0.462 e. The van der Waals surface area contributed by atoms with E-state index in [9.17, 15) is 19.8 Å². The quantitative estimate of drug-likeness (QED) is 0.0321. The van der Waals surface area contributed by atoms with Crippen molar-refractivity contribution in [2.75, 3.05) is 6.61 Å². The van der Waals surface area contributed by atoms with Crippen molar-refractivity contribution in [3.8, 4) is 0 Å². The zero-order chi connectivity index (χ0) is 46.7. The minimum atomic E-state index is -0.792. The summed E-state index contributed by atoms with van der Waals surface area (Å²) < 4.78 is 5.94. The van der Waals surface area contributed by atoms with Crippen LogP contribution >= 0.6 is 0 Å². The molecule has 0 fully saturated rings. The van der Waals surface area contributed by atoms with Gasteiger partial charge >= 0.3 is 5.97 Å². The van der Waals surface area contributed by atoms with Gasteiger partial charge < -0.3 is 20.3 Å². The van der Waals surface area contributed by atoms with E-state index in [-0.39, 0.29) is 24.9 Å². The fourth-order valence-corrected chi connectivity index (χ4v) is 8.22. The highest BCUT2D eigenvalue weighted by Gasteiger charge is 2.24. The number of hydrogen-bond donors (Lipinski definition) is 3. The van der Waals surface area contributed by atoms with E-state index in [1.54, 1.807) is 0 Å². The zero-order valence-electron chi connectivity index (χ0n) is 42.4. The number of rotatable bonds is 49. The molecule has 64 heavy (non-hydrogen) atoms. The summed E-state index contributed by atoms with van der Waals surface area (Å²) in [5.74, 6) is -0.504. The van der Waals surface area contributed by atoms with Crippen LogP contribution in [0.1, 0.15) is 271 Å². The van der Waals surface area contributed by atoms with Crippen molar-refractivity contribution in [2.45, 2.75) is 289 Å². The second-order valence-electron chi connectivity index (χ2n) is 18.6. The highest BCUT2D eigenvalue weighted by molar-refractivity contribution is 5.77. The van der Waals surface area contributed by atoms with E-state index in [0.29, 0.717) is 19.3 Å². The first-order valence-corrected chi connectivity index (χ1v) is 27.5. The van der Waals surface area contributed by atoms with Gasteiger partial charge in [0.2, 0.25) is 5.91 Å². The first kappa shape index (κ1) is 61.6.